The highest BCUT2D eigenvalue weighted by molar-refractivity contribution is 5.49. The van der Waals surface area contributed by atoms with Gasteiger partial charge in [0.2, 0.25) is 0 Å². The monoisotopic (exact) mass is 313 g/mol. The topological polar surface area (TPSA) is 82.4 Å². The van der Waals surface area contributed by atoms with Crippen LogP contribution in [0, 0.1) is 0 Å². The van der Waals surface area contributed by atoms with Crippen molar-refractivity contribution in [1.82, 2.24) is 0 Å². The molecule has 3 N–H and O–H groups in total. The normalized spacial score (nSPS) is 13.8. The first-order chi connectivity index (χ1) is 10.6. The predicted molar refractivity (Wildman–Crippen MR) is 85.3 cm³/mol. The van der Waals surface area contributed by atoms with E-state index in [0.717, 1.165) is 5.69 Å². The quantitative estimate of drug-likeness (QED) is 0.565. The number of rotatable bonds is 11. The van der Waals surface area contributed by atoms with E-state index >= 15 is 0 Å². The van der Waals surface area contributed by atoms with Crippen LogP contribution in [0.3, 0.4) is 0 Å². The molecule has 2 atom stereocenters. The lowest BCUT2D eigenvalue weighted by atomic mass is 10.2. The molecule has 0 spiro atoms. The van der Waals surface area contributed by atoms with Crippen LogP contribution in [0.4, 0.5) is 5.69 Å². The Labute approximate surface area is 131 Å². The average Bonchev–Trinajstić information content (AvgIpc) is 2.51. The number of anilines is 1. The summed E-state index contributed by atoms with van der Waals surface area (Å²) in [6.07, 6.45) is -1.32. The zero-order valence-corrected chi connectivity index (χ0v) is 13.3. The summed E-state index contributed by atoms with van der Waals surface area (Å²) >= 11 is 0. The number of aliphatic hydroxyl groups excluding tert-OH is 2. The van der Waals surface area contributed by atoms with E-state index in [1.165, 1.54) is 0 Å². The van der Waals surface area contributed by atoms with E-state index in [4.69, 9.17) is 9.47 Å². The highest BCUT2D eigenvalue weighted by atomic mass is 16.5. The molecule has 0 aromatic heterocycles. The SMILES string of the molecule is CCOCC(O)CN(CC(O)COCC)c1ccc(O)cc1. The molecule has 0 amide bonds. The van der Waals surface area contributed by atoms with Crippen LogP contribution in [-0.4, -0.2) is 67.0 Å². The summed E-state index contributed by atoms with van der Waals surface area (Å²) in [5.74, 6) is 0.174. The van der Waals surface area contributed by atoms with Gasteiger partial charge in [-0.1, -0.05) is 0 Å². The minimum atomic E-state index is -0.659. The number of ether oxygens (including phenoxy) is 2. The number of hydrogen-bond donors (Lipinski definition) is 3. The minimum Gasteiger partial charge on any atom is -0.508 e. The van der Waals surface area contributed by atoms with Crippen molar-refractivity contribution in [2.75, 3.05) is 44.4 Å². The van der Waals surface area contributed by atoms with Crippen LogP contribution in [-0.2, 0) is 9.47 Å². The van der Waals surface area contributed by atoms with Crippen LogP contribution in [0.2, 0.25) is 0 Å². The van der Waals surface area contributed by atoms with Gasteiger partial charge in [0.25, 0.3) is 0 Å². The molecule has 1 rings (SSSR count). The van der Waals surface area contributed by atoms with E-state index in [0.29, 0.717) is 26.3 Å². The van der Waals surface area contributed by atoms with Crippen molar-refractivity contribution in [1.29, 1.82) is 0 Å². The standard InChI is InChI=1S/C16H27NO5/c1-3-21-11-15(19)9-17(10-16(20)12-22-4-2)13-5-7-14(18)8-6-13/h5-8,15-16,18-20H,3-4,9-12H2,1-2H3. The Morgan fingerprint density at radius 3 is 1.77 bits per heavy atom. The predicted octanol–water partition coefficient (Wildman–Crippen LogP) is 0.993. The average molecular weight is 313 g/mol. The third kappa shape index (κ3) is 7.09. The molecule has 6 heteroatoms. The first-order valence-corrected chi connectivity index (χ1v) is 7.62. The maximum atomic E-state index is 10.0. The number of hydrogen-bond acceptors (Lipinski definition) is 6. The molecule has 1 aromatic rings. The Kier molecular flexibility index (Phi) is 8.84. The van der Waals surface area contributed by atoms with Crippen molar-refractivity contribution >= 4 is 5.69 Å². The van der Waals surface area contributed by atoms with Crippen molar-refractivity contribution in [3.05, 3.63) is 24.3 Å². The van der Waals surface area contributed by atoms with Crippen LogP contribution in [0.1, 0.15) is 13.8 Å². The number of nitrogens with zero attached hydrogens (tertiary/aromatic N) is 1. The van der Waals surface area contributed by atoms with E-state index in [2.05, 4.69) is 0 Å². The van der Waals surface area contributed by atoms with Gasteiger partial charge in [0.05, 0.1) is 25.4 Å². The smallest absolute Gasteiger partial charge is 0.115 e. The van der Waals surface area contributed by atoms with Gasteiger partial charge in [0.1, 0.15) is 5.75 Å². The molecule has 0 aliphatic rings. The van der Waals surface area contributed by atoms with Gasteiger partial charge in [0.15, 0.2) is 0 Å². The van der Waals surface area contributed by atoms with E-state index in [1.807, 2.05) is 18.7 Å². The zero-order valence-electron chi connectivity index (χ0n) is 13.3. The fourth-order valence-corrected chi connectivity index (χ4v) is 2.07. The van der Waals surface area contributed by atoms with Gasteiger partial charge in [-0.3, -0.25) is 0 Å². The third-order valence-corrected chi connectivity index (χ3v) is 3.11. The molecular formula is C16H27NO5. The summed E-state index contributed by atoms with van der Waals surface area (Å²) in [4.78, 5) is 1.85. The highest BCUT2D eigenvalue weighted by Gasteiger charge is 2.17. The third-order valence-electron chi connectivity index (χ3n) is 3.11. The molecule has 0 heterocycles. The van der Waals surface area contributed by atoms with Crippen molar-refractivity contribution in [3.63, 3.8) is 0 Å². The molecule has 0 radical (unpaired) electrons. The summed E-state index contributed by atoms with van der Waals surface area (Å²) in [6, 6.07) is 6.64. The molecule has 0 fully saturated rings. The summed E-state index contributed by atoms with van der Waals surface area (Å²) < 4.78 is 10.4. The van der Waals surface area contributed by atoms with Crippen LogP contribution < -0.4 is 4.90 Å². The first kappa shape index (κ1) is 18.7. The number of aromatic hydroxyl groups is 1. The van der Waals surface area contributed by atoms with Crippen LogP contribution in [0.15, 0.2) is 24.3 Å². The molecule has 0 saturated carbocycles. The number of phenols is 1. The zero-order chi connectivity index (χ0) is 16.4. The van der Waals surface area contributed by atoms with Crippen molar-refractivity contribution in [2.45, 2.75) is 26.1 Å². The summed E-state index contributed by atoms with van der Waals surface area (Å²) in [5.41, 5.74) is 0.809. The van der Waals surface area contributed by atoms with Gasteiger partial charge >= 0.3 is 0 Å². The summed E-state index contributed by atoms with van der Waals surface area (Å²) in [6.45, 7) is 5.97. The van der Waals surface area contributed by atoms with E-state index in [1.54, 1.807) is 24.3 Å². The largest absolute Gasteiger partial charge is 0.508 e. The number of phenolic OH excluding ortho intramolecular Hbond substituents is 1. The second-order valence-corrected chi connectivity index (χ2v) is 5.05. The van der Waals surface area contributed by atoms with Crippen molar-refractivity contribution in [3.8, 4) is 5.75 Å². The molecule has 0 aliphatic heterocycles. The molecule has 2 unspecified atom stereocenters. The summed E-state index contributed by atoms with van der Waals surface area (Å²) in [7, 11) is 0. The van der Waals surface area contributed by atoms with Crippen molar-refractivity contribution in [2.24, 2.45) is 0 Å². The molecule has 0 saturated heterocycles. The minimum absolute atomic E-state index is 0.174. The van der Waals surface area contributed by atoms with Crippen LogP contribution >= 0.6 is 0 Å². The number of benzene rings is 1. The molecule has 6 nitrogen and oxygen atoms in total. The maximum absolute atomic E-state index is 10.0. The molecule has 126 valence electrons. The Morgan fingerprint density at radius 1 is 0.909 bits per heavy atom. The summed E-state index contributed by atoms with van der Waals surface area (Å²) in [5, 5.41) is 29.4. The van der Waals surface area contributed by atoms with E-state index < -0.39 is 12.2 Å². The van der Waals surface area contributed by atoms with Gasteiger partial charge in [-0.25, -0.2) is 0 Å². The lowest BCUT2D eigenvalue weighted by molar-refractivity contribution is 0.0353. The van der Waals surface area contributed by atoms with Gasteiger partial charge in [-0.05, 0) is 38.1 Å². The highest BCUT2D eigenvalue weighted by Crippen LogP contribution is 2.19. The molecular weight excluding hydrogens is 286 g/mol. The first-order valence-electron chi connectivity index (χ1n) is 7.62. The molecule has 1 aromatic carbocycles. The van der Waals surface area contributed by atoms with Gasteiger partial charge in [0, 0.05) is 32.0 Å². The fraction of sp³-hybridized carbons (Fsp3) is 0.625. The van der Waals surface area contributed by atoms with Gasteiger partial charge in [-0.15, -0.1) is 0 Å². The second kappa shape index (κ2) is 10.4. The van der Waals surface area contributed by atoms with E-state index in [-0.39, 0.29) is 19.0 Å². The Morgan fingerprint density at radius 2 is 1.36 bits per heavy atom. The van der Waals surface area contributed by atoms with Gasteiger partial charge < -0.3 is 29.7 Å². The maximum Gasteiger partial charge on any atom is 0.115 e. The van der Waals surface area contributed by atoms with Crippen LogP contribution in [0.5, 0.6) is 5.75 Å². The second-order valence-electron chi connectivity index (χ2n) is 5.05. The lowest BCUT2D eigenvalue weighted by Gasteiger charge is -2.29. The number of aliphatic hydroxyl groups is 2. The molecule has 0 bridgehead atoms. The Hall–Kier alpha value is -1.34. The molecule has 22 heavy (non-hydrogen) atoms. The van der Waals surface area contributed by atoms with Crippen LogP contribution in [0.25, 0.3) is 0 Å². The Bertz CT molecular complexity index is 382. The Balaban J connectivity index is 2.69. The van der Waals surface area contributed by atoms with Crippen molar-refractivity contribution < 1.29 is 24.8 Å². The molecule has 0 aliphatic carbocycles. The lowest BCUT2D eigenvalue weighted by Crippen LogP contribution is -2.41. The van der Waals surface area contributed by atoms with E-state index in [9.17, 15) is 15.3 Å². The van der Waals surface area contributed by atoms with Gasteiger partial charge in [-0.2, -0.15) is 0 Å². The fourth-order valence-electron chi connectivity index (χ4n) is 2.07.